The average molecular weight is 178 g/mol. The summed E-state index contributed by atoms with van der Waals surface area (Å²) in [7, 11) is 0. The fourth-order valence-corrected chi connectivity index (χ4v) is 1.11. The molecule has 68 valence electrons. The number of fused-ring (bicyclic) bond motifs is 1. The molecule has 0 spiro atoms. The molecule has 4 unspecified atom stereocenters. The molecular formula is C9H15NO2. The summed E-state index contributed by atoms with van der Waals surface area (Å²) in [6, 6.07) is -5.74. The monoisotopic (exact) mass is 178 g/mol. The van der Waals surface area contributed by atoms with E-state index in [-0.39, 0.29) is 0 Å². The minimum atomic E-state index is -3.20. The Bertz CT molecular complexity index is 492. The summed E-state index contributed by atoms with van der Waals surface area (Å²) in [6.07, 6.45) is -10.2. The van der Waals surface area contributed by atoms with Crippen LogP contribution in [-0.2, 0) is 4.79 Å². The van der Waals surface area contributed by atoms with Crippen LogP contribution < -0.4 is 5.32 Å². The lowest BCUT2D eigenvalue weighted by atomic mass is 9.85. The average Bonchev–Trinajstić information content (AvgIpc) is 2.52. The van der Waals surface area contributed by atoms with Gasteiger partial charge in [-0.05, 0) is 25.1 Å². The Kier molecular flexibility index (Phi) is 0.689. The van der Waals surface area contributed by atoms with E-state index in [9.17, 15) is 4.79 Å². The minimum Gasteiger partial charge on any atom is -0.480 e. The molecule has 0 aromatic rings. The van der Waals surface area contributed by atoms with Crippen LogP contribution in [0.4, 0.5) is 0 Å². The van der Waals surface area contributed by atoms with Crippen LogP contribution in [0.3, 0.4) is 0 Å². The summed E-state index contributed by atoms with van der Waals surface area (Å²) in [6.45, 7) is 0. The SMILES string of the molecule is [2H]C1C([2H])C([2H])[C@@]2([2H])C([2H])([2H])[C@@]([2H])(C(=O)O)N[C@@]2([2H])C1[2H]. The number of hydrogen-bond acceptors (Lipinski definition) is 2. The van der Waals surface area contributed by atoms with E-state index in [0.29, 0.717) is 0 Å². The maximum Gasteiger partial charge on any atom is 0.320 e. The topological polar surface area (TPSA) is 49.3 Å². The fourth-order valence-electron chi connectivity index (χ4n) is 1.11. The quantitative estimate of drug-likeness (QED) is 0.629. The zero-order valence-corrected chi connectivity index (χ0v) is 6.16. The molecular weight excluding hydrogens is 154 g/mol. The zero-order valence-electron chi connectivity index (χ0n) is 15.2. The van der Waals surface area contributed by atoms with Crippen molar-refractivity contribution >= 4 is 5.97 Å². The molecule has 0 amide bonds. The molecule has 12 heavy (non-hydrogen) atoms. The lowest BCUT2D eigenvalue weighted by Gasteiger charge is -2.24. The van der Waals surface area contributed by atoms with E-state index < -0.39 is 55.9 Å². The van der Waals surface area contributed by atoms with Crippen molar-refractivity contribution in [3.63, 3.8) is 0 Å². The number of rotatable bonds is 1. The Hall–Kier alpha value is -0.570. The maximum atomic E-state index is 11.3. The molecule has 1 saturated heterocycles. The molecule has 2 aliphatic rings. The third kappa shape index (κ3) is 1.33. The van der Waals surface area contributed by atoms with Gasteiger partial charge in [-0.1, -0.05) is 12.8 Å². The van der Waals surface area contributed by atoms with Crippen molar-refractivity contribution in [3.05, 3.63) is 0 Å². The lowest BCUT2D eigenvalue weighted by molar-refractivity contribution is -0.139. The van der Waals surface area contributed by atoms with E-state index in [1.165, 1.54) is 0 Å². The predicted octanol–water partition coefficient (Wildman–Crippen LogP) is 0.992. The van der Waals surface area contributed by atoms with Gasteiger partial charge >= 0.3 is 5.97 Å². The molecule has 0 aromatic carbocycles. The Morgan fingerprint density at radius 2 is 2.33 bits per heavy atom. The lowest BCUT2D eigenvalue weighted by Crippen LogP contribution is -2.36. The third-order valence-electron chi connectivity index (χ3n) is 1.66. The van der Waals surface area contributed by atoms with Crippen LogP contribution in [0.2, 0.25) is 0 Å². The summed E-state index contributed by atoms with van der Waals surface area (Å²) in [5.74, 6) is -4.81. The van der Waals surface area contributed by atoms with Crippen LogP contribution >= 0.6 is 0 Å². The molecule has 3 nitrogen and oxygen atoms in total. The summed E-state index contributed by atoms with van der Waals surface area (Å²) in [4.78, 5) is 11.3. The van der Waals surface area contributed by atoms with Crippen molar-refractivity contribution < 1.29 is 22.2 Å². The first-order valence-electron chi connectivity index (χ1n) is 8.31. The van der Waals surface area contributed by atoms with E-state index >= 15 is 0 Å². The van der Waals surface area contributed by atoms with Gasteiger partial charge in [-0.3, -0.25) is 4.79 Å². The van der Waals surface area contributed by atoms with E-state index in [1.54, 1.807) is 0 Å². The van der Waals surface area contributed by atoms with Crippen molar-refractivity contribution in [2.75, 3.05) is 0 Å². The van der Waals surface area contributed by atoms with Gasteiger partial charge in [0.1, 0.15) is 6.02 Å². The normalized spacial score (nSPS) is 98.8. The van der Waals surface area contributed by atoms with Crippen LogP contribution in [0.15, 0.2) is 0 Å². The molecule has 1 heterocycles. The van der Waals surface area contributed by atoms with Crippen molar-refractivity contribution in [1.82, 2.24) is 5.32 Å². The number of hydrogen-bond donors (Lipinski definition) is 2. The standard InChI is InChI=1S/C9H15NO2/c11-9(12)8-5-6-3-1-2-4-7(6)10-8/h6-8,10H,1-5H2,(H,11,12)/t6-,7-,8-/m0/s1/i1D,2D,3D,4D,5D2,6D,7D,8D/t1?,2?,3?,4?,6-,7-,8-. The number of aliphatic carboxylic acids is 1. The molecule has 0 aromatic heterocycles. The Morgan fingerprint density at radius 3 is 3.08 bits per heavy atom. The highest BCUT2D eigenvalue weighted by molar-refractivity contribution is 5.74. The van der Waals surface area contributed by atoms with Crippen LogP contribution in [0.25, 0.3) is 0 Å². The second-order valence-electron chi connectivity index (χ2n) is 2.48. The first kappa shape index (κ1) is 2.71. The van der Waals surface area contributed by atoms with E-state index in [0.717, 1.165) is 0 Å². The van der Waals surface area contributed by atoms with Crippen LogP contribution in [0, 0.1) is 5.89 Å². The molecule has 1 aliphatic carbocycles. The zero-order chi connectivity index (χ0) is 16.6. The smallest absolute Gasteiger partial charge is 0.320 e. The first-order valence-corrected chi connectivity index (χ1v) is 3.51. The summed E-state index contributed by atoms with van der Waals surface area (Å²) in [5, 5.41) is 11.0. The van der Waals surface area contributed by atoms with Gasteiger partial charge in [-0.25, -0.2) is 0 Å². The number of carboxylic acids is 1. The van der Waals surface area contributed by atoms with Gasteiger partial charge in [0.25, 0.3) is 0 Å². The van der Waals surface area contributed by atoms with E-state index in [4.69, 9.17) is 17.4 Å². The van der Waals surface area contributed by atoms with Gasteiger partial charge in [0.05, 0.1) is 1.37 Å². The molecule has 2 N–H and O–H groups in total. The van der Waals surface area contributed by atoms with Gasteiger partial charge < -0.3 is 10.4 Å². The third-order valence-corrected chi connectivity index (χ3v) is 1.66. The van der Waals surface area contributed by atoms with Gasteiger partial charge in [0.2, 0.25) is 0 Å². The maximum absolute atomic E-state index is 11.3. The number of carboxylic acid groups (broad SMARTS) is 1. The second-order valence-corrected chi connectivity index (χ2v) is 2.48. The summed E-state index contributed by atoms with van der Waals surface area (Å²) >= 11 is 0. The largest absolute Gasteiger partial charge is 0.480 e. The number of carbonyl (C=O) groups is 1. The molecule has 0 bridgehead atoms. The number of nitrogens with one attached hydrogen (secondary N) is 1. The first-order chi connectivity index (χ1) is 9.29. The Labute approximate surface area is 84.8 Å². The van der Waals surface area contributed by atoms with Crippen molar-refractivity contribution in [3.8, 4) is 0 Å². The summed E-state index contributed by atoms with van der Waals surface area (Å²) < 4.78 is 71.0. The Morgan fingerprint density at radius 1 is 1.58 bits per heavy atom. The predicted molar refractivity (Wildman–Crippen MR) is 44.9 cm³/mol. The van der Waals surface area contributed by atoms with Crippen molar-refractivity contribution in [2.24, 2.45) is 5.89 Å². The van der Waals surface area contributed by atoms with Gasteiger partial charge in [-0.15, -0.1) is 0 Å². The minimum absolute atomic E-state index is 1.58. The second kappa shape index (κ2) is 3.05. The van der Waals surface area contributed by atoms with Gasteiger partial charge in [0, 0.05) is 17.0 Å². The van der Waals surface area contributed by atoms with Crippen molar-refractivity contribution in [2.45, 2.75) is 44.0 Å². The molecule has 7 atom stereocenters. The highest BCUT2D eigenvalue weighted by Crippen LogP contribution is 2.32. The van der Waals surface area contributed by atoms with Gasteiger partial charge in [0.15, 0.2) is 0 Å². The molecule has 1 saturated carbocycles. The summed E-state index contributed by atoms with van der Waals surface area (Å²) in [5.41, 5.74) is 0. The van der Waals surface area contributed by atoms with Gasteiger partial charge in [-0.2, -0.15) is 0 Å². The highest BCUT2D eigenvalue weighted by Gasteiger charge is 2.37. The highest BCUT2D eigenvalue weighted by atomic mass is 16.4. The molecule has 1 aliphatic heterocycles. The molecule has 3 heteroatoms. The molecule has 2 rings (SSSR count). The van der Waals surface area contributed by atoms with Crippen LogP contribution in [0.5, 0.6) is 0 Å². The molecule has 2 fully saturated rings. The fraction of sp³-hybridized carbons (Fsp3) is 0.889. The van der Waals surface area contributed by atoms with E-state index in [1.807, 2.05) is 5.32 Å². The van der Waals surface area contributed by atoms with Crippen LogP contribution in [-0.4, -0.2) is 23.1 Å². The van der Waals surface area contributed by atoms with E-state index in [2.05, 4.69) is 0 Å². The molecule has 0 radical (unpaired) electrons. The Balaban J connectivity index is 2.73. The van der Waals surface area contributed by atoms with Crippen LogP contribution in [0.1, 0.15) is 44.3 Å². The van der Waals surface area contributed by atoms with Crippen molar-refractivity contribution in [1.29, 1.82) is 0 Å².